The van der Waals surface area contributed by atoms with Crippen LogP contribution in [0.5, 0.6) is 0 Å². The zero-order valence-electron chi connectivity index (χ0n) is 16.3. The first-order chi connectivity index (χ1) is 14.5. The van der Waals surface area contributed by atoms with Gasteiger partial charge in [0.1, 0.15) is 5.82 Å². The Morgan fingerprint density at radius 2 is 1.63 bits per heavy atom. The second kappa shape index (κ2) is 7.71. The van der Waals surface area contributed by atoms with Gasteiger partial charge < -0.3 is 10.6 Å². The Bertz CT molecular complexity index is 1360. The molecule has 0 fully saturated rings. The van der Waals surface area contributed by atoms with Crippen molar-refractivity contribution in [3.05, 3.63) is 105 Å². The number of nitrogens with two attached hydrogens (primary N) is 1. The van der Waals surface area contributed by atoms with Gasteiger partial charge in [-0.2, -0.15) is 0 Å². The number of aromatic amines is 1. The lowest BCUT2D eigenvalue weighted by atomic mass is 10.1. The second-order valence-corrected chi connectivity index (χ2v) is 6.99. The van der Waals surface area contributed by atoms with Gasteiger partial charge in [0.05, 0.1) is 6.54 Å². The first-order valence-electron chi connectivity index (χ1n) is 9.39. The zero-order chi connectivity index (χ0) is 21.3. The van der Waals surface area contributed by atoms with Gasteiger partial charge in [-0.3, -0.25) is 19.1 Å². The second-order valence-electron chi connectivity index (χ2n) is 6.99. The number of nitrogen functional groups attached to an aromatic ring is 1. The Hall–Kier alpha value is -4.13. The molecule has 0 spiro atoms. The van der Waals surface area contributed by atoms with Crippen LogP contribution in [0.4, 0.5) is 11.5 Å². The normalized spacial score (nSPS) is 10.8. The van der Waals surface area contributed by atoms with E-state index in [4.69, 9.17) is 5.73 Å². The van der Waals surface area contributed by atoms with Crippen molar-refractivity contribution in [2.75, 3.05) is 17.7 Å². The topological polar surface area (TPSA) is 101 Å². The maximum atomic E-state index is 13.1. The Kier molecular flexibility index (Phi) is 4.93. The molecule has 1 amide bonds. The molecular formula is C23H20N4O3. The van der Waals surface area contributed by atoms with E-state index in [-0.39, 0.29) is 18.1 Å². The molecule has 4 aromatic rings. The van der Waals surface area contributed by atoms with E-state index in [1.807, 2.05) is 60.7 Å². The third-order valence-electron chi connectivity index (χ3n) is 5.03. The van der Waals surface area contributed by atoms with Crippen molar-refractivity contribution in [3.8, 4) is 0 Å². The lowest BCUT2D eigenvalue weighted by Crippen LogP contribution is -2.39. The van der Waals surface area contributed by atoms with Crippen LogP contribution in [0.15, 0.2) is 82.4 Å². The highest BCUT2D eigenvalue weighted by Gasteiger charge is 2.22. The Morgan fingerprint density at radius 1 is 0.967 bits per heavy atom. The van der Waals surface area contributed by atoms with Crippen molar-refractivity contribution in [1.29, 1.82) is 0 Å². The molecule has 3 N–H and O–H groups in total. The highest BCUT2D eigenvalue weighted by molar-refractivity contribution is 6.08. The van der Waals surface area contributed by atoms with Crippen LogP contribution in [0.2, 0.25) is 0 Å². The lowest BCUT2D eigenvalue weighted by Gasteiger charge is -2.20. The molecule has 30 heavy (non-hydrogen) atoms. The van der Waals surface area contributed by atoms with E-state index in [1.54, 1.807) is 12.1 Å². The van der Waals surface area contributed by atoms with E-state index >= 15 is 0 Å². The summed E-state index contributed by atoms with van der Waals surface area (Å²) in [6, 6.07) is 22.2. The molecule has 0 radical (unpaired) electrons. The number of H-pyrrole nitrogens is 1. The van der Waals surface area contributed by atoms with E-state index in [2.05, 4.69) is 4.98 Å². The lowest BCUT2D eigenvalue weighted by molar-refractivity contribution is 0.0993. The average molecular weight is 400 g/mol. The van der Waals surface area contributed by atoms with E-state index in [1.165, 1.54) is 16.5 Å². The monoisotopic (exact) mass is 400 g/mol. The third kappa shape index (κ3) is 3.48. The van der Waals surface area contributed by atoms with Gasteiger partial charge in [0, 0.05) is 12.6 Å². The maximum Gasteiger partial charge on any atom is 0.330 e. The number of carbonyl (C=O) groups is 1. The van der Waals surface area contributed by atoms with Crippen molar-refractivity contribution < 1.29 is 4.79 Å². The van der Waals surface area contributed by atoms with Crippen LogP contribution in [0, 0.1) is 0 Å². The van der Waals surface area contributed by atoms with E-state index in [0.29, 0.717) is 5.56 Å². The number of amides is 1. The Labute approximate surface area is 172 Å². The minimum Gasteiger partial charge on any atom is -0.383 e. The number of nitrogens with zero attached hydrogens (tertiary/aromatic N) is 2. The van der Waals surface area contributed by atoms with Gasteiger partial charge in [-0.1, -0.05) is 60.7 Å². The molecule has 7 nitrogen and oxygen atoms in total. The molecule has 150 valence electrons. The molecule has 0 bridgehead atoms. The summed E-state index contributed by atoms with van der Waals surface area (Å²) in [4.78, 5) is 41.4. The van der Waals surface area contributed by atoms with Crippen molar-refractivity contribution in [2.24, 2.45) is 0 Å². The van der Waals surface area contributed by atoms with Crippen LogP contribution in [0.3, 0.4) is 0 Å². The highest BCUT2D eigenvalue weighted by atomic mass is 16.2. The summed E-state index contributed by atoms with van der Waals surface area (Å²) in [5.74, 6) is -0.466. The summed E-state index contributed by atoms with van der Waals surface area (Å²) in [6.45, 7) is 0.174. The number of benzene rings is 3. The van der Waals surface area contributed by atoms with Crippen molar-refractivity contribution in [1.82, 2.24) is 9.55 Å². The summed E-state index contributed by atoms with van der Waals surface area (Å²) in [7, 11) is 1.47. The molecule has 7 heteroatoms. The quantitative estimate of drug-likeness (QED) is 0.550. The van der Waals surface area contributed by atoms with Gasteiger partial charge in [0.2, 0.25) is 0 Å². The molecule has 0 aliphatic heterocycles. The van der Waals surface area contributed by atoms with E-state index in [0.717, 1.165) is 16.3 Å². The van der Waals surface area contributed by atoms with Crippen molar-refractivity contribution >= 4 is 28.2 Å². The van der Waals surface area contributed by atoms with Crippen LogP contribution in [-0.4, -0.2) is 22.5 Å². The molecule has 3 aromatic carbocycles. The van der Waals surface area contributed by atoms with Gasteiger partial charge >= 0.3 is 5.69 Å². The van der Waals surface area contributed by atoms with Crippen LogP contribution < -0.4 is 21.9 Å². The molecule has 4 rings (SSSR count). The van der Waals surface area contributed by atoms with Gasteiger partial charge in [0.15, 0.2) is 5.69 Å². The molecule has 0 aliphatic carbocycles. The molecule has 1 aromatic heterocycles. The molecule has 0 aliphatic rings. The number of rotatable bonds is 4. The predicted molar refractivity (Wildman–Crippen MR) is 118 cm³/mol. The fourth-order valence-corrected chi connectivity index (χ4v) is 3.44. The Morgan fingerprint density at radius 3 is 2.37 bits per heavy atom. The fraction of sp³-hybridized carbons (Fsp3) is 0.0870. The summed E-state index contributed by atoms with van der Waals surface area (Å²) in [5.41, 5.74) is 6.04. The highest BCUT2D eigenvalue weighted by Crippen LogP contribution is 2.21. The van der Waals surface area contributed by atoms with Crippen molar-refractivity contribution in [2.45, 2.75) is 6.54 Å². The largest absolute Gasteiger partial charge is 0.383 e. The molecule has 1 heterocycles. The average Bonchev–Trinajstić information content (AvgIpc) is 2.76. The number of aromatic nitrogens is 2. The SMILES string of the molecule is CN(C(=O)c1ccc2ccccc2c1)c1c(N)n(Cc2ccccc2)c(=O)[nH]c1=O. The standard InChI is InChI=1S/C23H20N4O3/c1-26(22(29)18-12-11-16-9-5-6-10-17(16)13-18)19-20(24)27(23(30)25-21(19)28)14-15-7-3-2-4-8-15/h2-13H,14,24H2,1H3,(H,25,28,30). The molecule has 0 atom stereocenters. The number of hydrogen-bond donors (Lipinski definition) is 2. The number of nitrogens with one attached hydrogen (secondary N) is 1. The van der Waals surface area contributed by atoms with E-state index in [9.17, 15) is 14.4 Å². The van der Waals surface area contributed by atoms with Gasteiger partial charge in [-0.05, 0) is 28.5 Å². The van der Waals surface area contributed by atoms with Crippen LogP contribution >= 0.6 is 0 Å². The Balaban J connectivity index is 1.75. The summed E-state index contributed by atoms with van der Waals surface area (Å²) in [5, 5.41) is 1.91. The predicted octanol–water partition coefficient (Wildman–Crippen LogP) is 2.60. The third-order valence-corrected chi connectivity index (χ3v) is 5.03. The summed E-state index contributed by atoms with van der Waals surface area (Å²) >= 11 is 0. The number of anilines is 2. The van der Waals surface area contributed by atoms with Gasteiger partial charge in [-0.15, -0.1) is 0 Å². The van der Waals surface area contributed by atoms with Crippen molar-refractivity contribution in [3.63, 3.8) is 0 Å². The minimum atomic E-state index is -0.710. The first-order valence-corrected chi connectivity index (χ1v) is 9.39. The van der Waals surface area contributed by atoms with Gasteiger partial charge in [-0.25, -0.2) is 4.79 Å². The van der Waals surface area contributed by atoms with Crippen LogP contribution in [0.1, 0.15) is 15.9 Å². The number of carbonyl (C=O) groups excluding carboxylic acids is 1. The molecule has 0 saturated heterocycles. The molecular weight excluding hydrogens is 380 g/mol. The smallest absolute Gasteiger partial charge is 0.330 e. The molecule has 0 saturated carbocycles. The number of fused-ring (bicyclic) bond motifs is 1. The summed E-state index contributed by atoms with van der Waals surface area (Å²) in [6.07, 6.45) is 0. The summed E-state index contributed by atoms with van der Waals surface area (Å²) < 4.78 is 1.25. The van der Waals surface area contributed by atoms with Gasteiger partial charge in [0.25, 0.3) is 11.5 Å². The minimum absolute atomic E-state index is 0.0655. The maximum absolute atomic E-state index is 13.1. The van der Waals surface area contributed by atoms with E-state index < -0.39 is 17.2 Å². The fourth-order valence-electron chi connectivity index (χ4n) is 3.44. The first kappa shape index (κ1) is 19.2. The molecule has 0 unspecified atom stereocenters. The van der Waals surface area contributed by atoms with Crippen LogP contribution in [-0.2, 0) is 6.54 Å². The van der Waals surface area contributed by atoms with Crippen LogP contribution in [0.25, 0.3) is 10.8 Å². The zero-order valence-corrected chi connectivity index (χ0v) is 16.3. The number of hydrogen-bond acceptors (Lipinski definition) is 4.